The highest BCUT2D eigenvalue weighted by Crippen LogP contribution is 2.23. The topological polar surface area (TPSA) is 55.4 Å². The third-order valence-corrected chi connectivity index (χ3v) is 3.95. The van der Waals surface area contributed by atoms with Gasteiger partial charge in [-0.3, -0.25) is 9.59 Å². The van der Waals surface area contributed by atoms with Gasteiger partial charge in [-0.25, -0.2) is 0 Å². The Labute approximate surface area is 146 Å². The lowest BCUT2D eigenvalue weighted by Gasteiger charge is -2.14. The number of hydrogen-bond acceptors (Lipinski definition) is 3. The fraction of sp³-hybridized carbons (Fsp3) is 0.263. The number of halogens is 1. The molecule has 0 fully saturated rings. The van der Waals surface area contributed by atoms with Gasteiger partial charge in [0.2, 0.25) is 0 Å². The van der Waals surface area contributed by atoms with Gasteiger partial charge in [0.05, 0.1) is 16.6 Å². The molecule has 5 heteroatoms. The number of benzene rings is 2. The zero-order valence-corrected chi connectivity index (χ0v) is 14.5. The third-order valence-electron chi connectivity index (χ3n) is 3.64. The average molecular weight is 346 g/mol. The molecule has 0 saturated carbocycles. The van der Waals surface area contributed by atoms with Gasteiger partial charge >= 0.3 is 5.97 Å². The molecule has 1 amide bonds. The summed E-state index contributed by atoms with van der Waals surface area (Å²) >= 11 is 6.07. The number of aryl methyl sites for hydroxylation is 1. The van der Waals surface area contributed by atoms with E-state index in [1.54, 1.807) is 12.1 Å². The summed E-state index contributed by atoms with van der Waals surface area (Å²) in [4.78, 5) is 24.2. The molecule has 2 aromatic rings. The van der Waals surface area contributed by atoms with Gasteiger partial charge in [-0.15, -0.1) is 0 Å². The van der Waals surface area contributed by atoms with E-state index in [-0.39, 0.29) is 12.5 Å². The Hall–Kier alpha value is -2.33. The SMILES string of the molecule is CC[C@@H](C(=O)OCC(=O)Nc1ccc(C)cc1Cl)c1ccccc1. The maximum absolute atomic E-state index is 12.2. The van der Waals surface area contributed by atoms with Crippen LogP contribution in [0.3, 0.4) is 0 Å². The van der Waals surface area contributed by atoms with E-state index in [2.05, 4.69) is 5.32 Å². The highest BCUT2D eigenvalue weighted by Gasteiger charge is 2.21. The van der Waals surface area contributed by atoms with Crippen molar-refractivity contribution in [3.05, 3.63) is 64.7 Å². The zero-order valence-electron chi connectivity index (χ0n) is 13.7. The molecule has 24 heavy (non-hydrogen) atoms. The van der Waals surface area contributed by atoms with E-state index >= 15 is 0 Å². The van der Waals surface area contributed by atoms with Gasteiger partial charge in [0.15, 0.2) is 6.61 Å². The van der Waals surface area contributed by atoms with Crippen molar-refractivity contribution in [3.8, 4) is 0 Å². The monoisotopic (exact) mass is 345 g/mol. The largest absolute Gasteiger partial charge is 0.455 e. The van der Waals surface area contributed by atoms with Gasteiger partial charge < -0.3 is 10.1 Å². The van der Waals surface area contributed by atoms with Crippen molar-refractivity contribution in [2.24, 2.45) is 0 Å². The van der Waals surface area contributed by atoms with Crippen molar-refractivity contribution in [2.75, 3.05) is 11.9 Å². The maximum atomic E-state index is 12.2. The second-order valence-corrected chi connectivity index (χ2v) is 5.92. The maximum Gasteiger partial charge on any atom is 0.313 e. The Morgan fingerprint density at radius 3 is 2.50 bits per heavy atom. The summed E-state index contributed by atoms with van der Waals surface area (Å²) in [7, 11) is 0. The highest BCUT2D eigenvalue weighted by atomic mass is 35.5. The minimum absolute atomic E-state index is 0.341. The molecular weight excluding hydrogens is 326 g/mol. The first-order valence-corrected chi connectivity index (χ1v) is 8.16. The molecule has 0 aliphatic rings. The standard InChI is InChI=1S/C19H20ClNO3/c1-3-15(14-7-5-4-6-8-14)19(23)24-12-18(22)21-17-10-9-13(2)11-16(17)20/h4-11,15H,3,12H2,1-2H3,(H,21,22)/t15-/m1/s1. The van der Waals surface area contributed by atoms with Crippen molar-refractivity contribution in [2.45, 2.75) is 26.2 Å². The van der Waals surface area contributed by atoms with Crippen molar-refractivity contribution in [1.29, 1.82) is 0 Å². The van der Waals surface area contributed by atoms with Gasteiger partial charge in [-0.2, -0.15) is 0 Å². The van der Waals surface area contributed by atoms with Crippen LogP contribution in [0.2, 0.25) is 5.02 Å². The molecule has 1 N–H and O–H groups in total. The van der Waals surface area contributed by atoms with Gasteiger partial charge in [0, 0.05) is 0 Å². The summed E-state index contributed by atoms with van der Waals surface area (Å²) in [6, 6.07) is 14.7. The Morgan fingerprint density at radius 2 is 1.88 bits per heavy atom. The third kappa shape index (κ3) is 4.83. The number of amides is 1. The van der Waals surface area contributed by atoms with Crippen LogP contribution in [-0.4, -0.2) is 18.5 Å². The quantitative estimate of drug-likeness (QED) is 0.793. The predicted molar refractivity (Wildman–Crippen MR) is 95.3 cm³/mol. The van der Waals surface area contributed by atoms with Crippen LogP contribution >= 0.6 is 11.6 Å². The lowest BCUT2D eigenvalue weighted by Crippen LogP contribution is -2.24. The smallest absolute Gasteiger partial charge is 0.313 e. The first-order chi connectivity index (χ1) is 11.5. The molecule has 0 aliphatic heterocycles. The second kappa shape index (κ2) is 8.50. The lowest BCUT2D eigenvalue weighted by atomic mass is 9.97. The van der Waals surface area contributed by atoms with E-state index in [1.165, 1.54) is 0 Å². The minimum atomic E-state index is -0.419. The van der Waals surface area contributed by atoms with Gasteiger partial charge in [0.25, 0.3) is 5.91 Å². The normalized spacial score (nSPS) is 11.6. The predicted octanol–water partition coefficient (Wildman–Crippen LogP) is 4.32. The molecule has 0 saturated heterocycles. The van der Waals surface area contributed by atoms with E-state index < -0.39 is 11.9 Å². The van der Waals surface area contributed by atoms with Crippen LogP contribution < -0.4 is 5.32 Å². The molecule has 2 rings (SSSR count). The zero-order chi connectivity index (χ0) is 17.5. The van der Waals surface area contributed by atoms with Crippen LogP contribution in [0, 0.1) is 6.92 Å². The molecule has 126 valence electrons. The van der Waals surface area contributed by atoms with Gasteiger partial charge in [-0.05, 0) is 36.6 Å². The summed E-state index contributed by atoms with van der Waals surface area (Å²) in [5.41, 5.74) is 2.38. The Bertz CT molecular complexity index is 716. The fourth-order valence-corrected chi connectivity index (χ4v) is 2.65. The summed E-state index contributed by atoms with van der Waals surface area (Å²) in [5, 5.41) is 3.09. The summed E-state index contributed by atoms with van der Waals surface area (Å²) in [6.45, 7) is 3.48. The van der Waals surface area contributed by atoms with Crippen LogP contribution in [0.15, 0.2) is 48.5 Å². The molecule has 0 aliphatic carbocycles. The van der Waals surface area contributed by atoms with Gasteiger partial charge in [0.1, 0.15) is 0 Å². The molecular formula is C19H20ClNO3. The highest BCUT2D eigenvalue weighted by molar-refractivity contribution is 6.33. The molecule has 4 nitrogen and oxygen atoms in total. The number of ether oxygens (including phenoxy) is 1. The van der Waals surface area contributed by atoms with E-state index in [0.717, 1.165) is 11.1 Å². The van der Waals surface area contributed by atoms with E-state index in [9.17, 15) is 9.59 Å². The van der Waals surface area contributed by atoms with E-state index in [1.807, 2.05) is 50.2 Å². The molecule has 0 aromatic heterocycles. The van der Waals surface area contributed by atoms with Gasteiger partial charge in [-0.1, -0.05) is 54.9 Å². The molecule has 1 atom stereocenters. The minimum Gasteiger partial charge on any atom is -0.455 e. The molecule has 0 unspecified atom stereocenters. The van der Waals surface area contributed by atoms with Crippen molar-refractivity contribution in [1.82, 2.24) is 0 Å². The van der Waals surface area contributed by atoms with E-state index in [0.29, 0.717) is 17.1 Å². The Kier molecular flexibility index (Phi) is 6.38. The van der Waals surface area contributed by atoms with Crippen LogP contribution in [0.5, 0.6) is 0 Å². The number of esters is 1. The molecule has 0 bridgehead atoms. The van der Waals surface area contributed by atoms with Crippen molar-refractivity contribution >= 4 is 29.2 Å². The number of hydrogen-bond donors (Lipinski definition) is 1. The summed E-state index contributed by atoms with van der Waals surface area (Å²) < 4.78 is 5.15. The van der Waals surface area contributed by atoms with Crippen LogP contribution in [0.4, 0.5) is 5.69 Å². The van der Waals surface area contributed by atoms with Crippen molar-refractivity contribution < 1.29 is 14.3 Å². The molecule has 0 heterocycles. The van der Waals surface area contributed by atoms with Crippen LogP contribution in [0.1, 0.15) is 30.4 Å². The van der Waals surface area contributed by atoms with Crippen molar-refractivity contribution in [3.63, 3.8) is 0 Å². The number of carbonyl (C=O) groups excluding carboxylic acids is 2. The summed E-state index contributed by atoms with van der Waals surface area (Å²) in [6.07, 6.45) is 0.605. The Morgan fingerprint density at radius 1 is 1.17 bits per heavy atom. The van der Waals surface area contributed by atoms with Crippen LogP contribution in [-0.2, 0) is 14.3 Å². The Balaban J connectivity index is 1.92. The van der Waals surface area contributed by atoms with Crippen LogP contribution in [0.25, 0.3) is 0 Å². The number of rotatable bonds is 6. The average Bonchev–Trinajstić information content (AvgIpc) is 2.57. The number of anilines is 1. The molecule has 0 spiro atoms. The lowest BCUT2D eigenvalue weighted by molar-refractivity contribution is -0.149. The first-order valence-electron chi connectivity index (χ1n) is 7.79. The molecule has 0 radical (unpaired) electrons. The molecule has 2 aromatic carbocycles. The van der Waals surface area contributed by atoms with E-state index in [4.69, 9.17) is 16.3 Å². The summed E-state index contributed by atoms with van der Waals surface area (Å²) in [5.74, 6) is -1.20. The second-order valence-electron chi connectivity index (χ2n) is 5.51. The number of carbonyl (C=O) groups is 2. The fourth-order valence-electron chi connectivity index (χ4n) is 2.37. The number of nitrogens with one attached hydrogen (secondary N) is 1. The first kappa shape index (κ1) is 18.0.